The lowest BCUT2D eigenvalue weighted by Crippen LogP contribution is -2.33. The maximum atomic E-state index is 12.3. The summed E-state index contributed by atoms with van der Waals surface area (Å²) in [7, 11) is 3.62. The second-order valence-electron chi connectivity index (χ2n) is 4.60. The Bertz CT molecular complexity index is 579. The zero-order valence-electron chi connectivity index (χ0n) is 12.0. The summed E-state index contributed by atoms with van der Waals surface area (Å²) in [5, 5.41) is 11.1. The fourth-order valence-electron chi connectivity index (χ4n) is 1.90. The maximum Gasteiger partial charge on any atom is 0.276 e. The number of amides is 1. The molecule has 6 nitrogen and oxygen atoms in total. The van der Waals surface area contributed by atoms with Crippen molar-refractivity contribution < 1.29 is 4.79 Å². The summed E-state index contributed by atoms with van der Waals surface area (Å²) < 4.78 is 1.68. The lowest BCUT2D eigenvalue weighted by atomic mass is 10.2. The molecule has 1 N–H and O–H groups in total. The van der Waals surface area contributed by atoms with E-state index in [9.17, 15) is 4.79 Å². The first kappa shape index (κ1) is 14.2. The van der Waals surface area contributed by atoms with Crippen LogP contribution in [0.1, 0.15) is 16.2 Å². The highest BCUT2D eigenvalue weighted by atomic mass is 16.2. The van der Waals surface area contributed by atoms with E-state index in [0.717, 1.165) is 17.9 Å². The van der Waals surface area contributed by atoms with Crippen molar-refractivity contribution in [3.8, 4) is 5.69 Å². The average Bonchev–Trinajstić information content (AvgIpc) is 2.86. The Hall–Kier alpha value is -2.21. The third-order valence-corrected chi connectivity index (χ3v) is 3.14. The van der Waals surface area contributed by atoms with E-state index in [1.54, 1.807) is 16.6 Å². The summed E-state index contributed by atoms with van der Waals surface area (Å²) in [6.07, 6.45) is 0. The first-order chi connectivity index (χ1) is 9.65. The Balaban J connectivity index is 2.23. The molecule has 0 bridgehead atoms. The van der Waals surface area contributed by atoms with E-state index >= 15 is 0 Å². The number of carbonyl (C=O) groups excluding carboxylic acids is 1. The second kappa shape index (κ2) is 6.29. The first-order valence-corrected chi connectivity index (χ1v) is 6.53. The summed E-state index contributed by atoms with van der Waals surface area (Å²) in [6, 6.07) is 9.66. The van der Waals surface area contributed by atoms with Gasteiger partial charge in [-0.3, -0.25) is 4.79 Å². The van der Waals surface area contributed by atoms with Gasteiger partial charge < -0.3 is 10.2 Å². The van der Waals surface area contributed by atoms with Gasteiger partial charge in [-0.15, -0.1) is 5.10 Å². The van der Waals surface area contributed by atoms with Crippen LogP contribution >= 0.6 is 0 Å². The van der Waals surface area contributed by atoms with Crippen molar-refractivity contribution in [3.05, 3.63) is 41.7 Å². The van der Waals surface area contributed by atoms with E-state index in [4.69, 9.17) is 0 Å². The van der Waals surface area contributed by atoms with Gasteiger partial charge in [-0.05, 0) is 26.1 Å². The highest BCUT2D eigenvalue weighted by molar-refractivity contribution is 5.93. The van der Waals surface area contributed by atoms with E-state index in [0.29, 0.717) is 12.2 Å². The van der Waals surface area contributed by atoms with Crippen molar-refractivity contribution in [1.29, 1.82) is 0 Å². The van der Waals surface area contributed by atoms with Crippen molar-refractivity contribution in [1.82, 2.24) is 25.2 Å². The normalized spacial score (nSPS) is 10.6. The maximum absolute atomic E-state index is 12.3. The van der Waals surface area contributed by atoms with Crippen LogP contribution in [0.15, 0.2) is 30.3 Å². The molecule has 6 heteroatoms. The average molecular weight is 273 g/mol. The fourth-order valence-corrected chi connectivity index (χ4v) is 1.90. The lowest BCUT2D eigenvalue weighted by molar-refractivity contribution is 0.0790. The number of para-hydroxylation sites is 1. The van der Waals surface area contributed by atoms with Gasteiger partial charge in [-0.1, -0.05) is 23.4 Å². The van der Waals surface area contributed by atoms with E-state index in [-0.39, 0.29) is 5.91 Å². The number of hydrogen-bond donors (Lipinski definition) is 1. The number of likely N-dealkylation sites (N-methyl/N-ethyl adjacent to an activating group) is 2. The highest BCUT2D eigenvalue weighted by Gasteiger charge is 2.20. The molecule has 2 aromatic rings. The van der Waals surface area contributed by atoms with Crippen LogP contribution < -0.4 is 5.32 Å². The predicted molar refractivity (Wildman–Crippen MR) is 77.0 cm³/mol. The third kappa shape index (κ3) is 2.85. The molecule has 1 heterocycles. The van der Waals surface area contributed by atoms with Gasteiger partial charge in [0.25, 0.3) is 5.91 Å². The van der Waals surface area contributed by atoms with Crippen molar-refractivity contribution in [2.75, 3.05) is 27.2 Å². The number of rotatable bonds is 5. The number of benzene rings is 1. The third-order valence-electron chi connectivity index (χ3n) is 3.14. The number of nitrogens with one attached hydrogen (secondary N) is 1. The zero-order chi connectivity index (χ0) is 14.5. The van der Waals surface area contributed by atoms with E-state index < -0.39 is 0 Å². The molecule has 0 aliphatic carbocycles. The molecule has 0 aliphatic heterocycles. The van der Waals surface area contributed by atoms with Gasteiger partial charge in [0.2, 0.25) is 0 Å². The van der Waals surface area contributed by atoms with Gasteiger partial charge >= 0.3 is 0 Å². The lowest BCUT2D eigenvalue weighted by Gasteiger charge is -2.15. The summed E-state index contributed by atoms with van der Waals surface area (Å²) in [4.78, 5) is 13.9. The Labute approximate surface area is 118 Å². The number of carbonyl (C=O) groups is 1. The van der Waals surface area contributed by atoms with Gasteiger partial charge in [0, 0.05) is 20.1 Å². The van der Waals surface area contributed by atoms with Crippen molar-refractivity contribution in [3.63, 3.8) is 0 Å². The molecule has 0 radical (unpaired) electrons. The minimum atomic E-state index is -0.111. The molecule has 1 amide bonds. The minimum absolute atomic E-state index is 0.111. The molecule has 1 aromatic carbocycles. The Morgan fingerprint density at radius 3 is 2.70 bits per heavy atom. The highest BCUT2D eigenvalue weighted by Crippen LogP contribution is 2.12. The van der Waals surface area contributed by atoms with Gasteiger partial charge in [-0.2, -0.15) is 0 Å². The van der Waals surface area contributed by atoms with Crippen LogP contribution in [-0.2, 0) is 0 Å². The molecule has 106 valence electrons. The van der Waals surface area contributed by atoms with Gasteiger partial charge in [0.1, 0.15) is 0 Å². The molecule has 0 fully saturated rings. The molecule has 0 atom stereocenters. The summed E-state index contributed by atoms with van der Waals surface area (Å²) in [5.41, 5.74) is 2.04. The van der Waals surface area contributed by atoms with Gasteiger partial charge in [0.05, 0.1) is 11.4 Å². The quantitative estimate of drug-likeness (QED) is 0.878. The minimum Gasteiger partial charge on any atom is -0.339 e. The predicted octanol–water partition coefficient (Wildman–Crippen LogP) is 0.867. The zero-order valence-corrected chi connectivity index (χ0v) is 12.0. The standard InChI is InChI=1S/C14H19N5O/c1-11-13(14(20)18(3)10-9-15-2)16-17-19(11)12-7-5-4-6-8-12/h4-8,15H,9-10H2,1-3H3. The van der Waals surface area contributed by atoms with Crippen LogP contribution in [0.2, 0.25) is 0 Å². The second-order valence-corrected chi connectivity index (χ2v) is 4.60. The number of aromatic nitrogens is 3. The van der Waals surface area contributed by atoms with Crippen molar-refractivity contribution >= 4 is 5.91 Å². The molecule has 1 aromatic heterocycles. The number of nitrogens with zero attached hydrogens (tertiary/aromatic N) is 4. The van der Waals surface area contributed by atoms with Crippen LogP contribution in [0, 0.1) is 6.92 Å². The van der Waals surface area contributed by atoms with Crippen LogP contribution in [-0.4, -0.2) is 53.0 Å². The molecule has 20 heavy (non-hydrogen) atoms. The Morgan fingerprint density at radius 1 is 1.35 bits per heavy atom. The summed E-state index contributed by atoms with van der Waals surface area (Å²) in [6.45, 7) is 3.23. The topological polar surface area (TPSA) is 63.1 Å². The molecular formula is C14H19N5O. The van der Waals surface area contributed by atoms with E-state index in [1.165, 1.54) is 0 Å². The SMILES string of the molecule is CNCCN(C)C(=O)c1nnn(-c2ccccc2)c1C. The Kier molecular flexibility index (Phi) is 4.47. The van der Waals surface area contributed by atoms with Gasteiger partial charge in [-0.25, -0.2) is 4.68 Å². The molecule has 0 unspecified atom stereocenters. The van der Waals surface area contributed by atoms with E-state index in [1.807, 2.05) is 44.3 Å². The van der Waals surface area contributed by atoms with Crippen LogP contribution in [0.25, 0.3) is 5.69 Å². The van der Waals surface area contributed by atoms with Crippen molar-refractivity contribution in [2.24, 2.45) is 0 Å². The van der Waals surface area contributed by atoms with Crippen LogP contribution in [0.5, 0.6) is 0 Å². The molecule has 0 aliphatic rings. The van der Waals surface area contributed by atoms with Crippen LogP contribution in [0.4, 0.5) is 0 Å². The molecule has 0 saturated carbocycles. The van der Waals surface area contributed by atoms with E-state index in [2.05, 4.69) is 15.6 Å². The fraction of sp³-hybridized carbons (Fsp3) is 0.357. The smallest absolute Gasteiger partial charge is 0.276 e. The number of hydrogen-bond acceptors (Lipinski definition) is 4. The largest absolute Gasteiger partial charge is 0.339 e. The molecular weight excluding hydrogens is 254 g/mol. The van der Waals surface area contributed by atoms with Crippen LogP contribution in [0.3, 0.4) is 0 Å². The Morgan fingerprint density at radius 2 is 2.05 bits per heavy atom. The van der Waals surface area contributed by atoms with Gasteiger partial charge in [0.15, 0.2) is 5.69 Å². The molecule has 0 saturated heterocycles. The monoisotopic (exact) mass is 273 g/mol. The first-order valence-electron chi connectivity index (χ1n) is 6.53. The molecule has 0 spiro atoms. The summed E-state index contributed by atoms with van der Waals surface area (Å²) >= 11 is 0. The summed E-state index contributed by atoms with van der Waals surface area (Å²) in [5.74, 6) is -0.111. The van der Waals surface area contributed by atoms with Crippen molar-refractivity contribution in [2.45, 2.75) is 6.92 Å². The molecule has 2 rings (SSSR count).